The smallest absolute Gasteiger partial charge is 0.234 e. The molecule has 3 N–H and O–H groups in total. The first-order valence-electron chi connectivity index (χ1n) is 13.1. The van der Waals surface area contributed by atoms with Gasteiger partial charge in [-0.1, -0.05) is 67.3 Å². The van der Waals surface area contributed by atoms with Crippen molar-refractivity contribution in [2.45, 2.75) is 36.9 Å². The number of amides is 1. The summed E-state index contributed by atoms with van der Waals surface area (Å²) in [6.07, 6.45) is 0.943. The van der Waals surface area contributed by atoms with Crippen LogP contribution >= 0.6 is 23.1 Å². The molecule has 0 radical (unpaired) electrons. The van der Waals surface area contributed by atoms with Crippen LogP contribution in [0.15, 0.2) is 75.5 Å². The van der Waals surface area contributed by atoms with Crippen LogP contribution in [-0.2, 0) is 9.59 Å². The van der Waals surface area contributed by atoms with E-state index in [1.165, 1.54) is 37.3 Å². The molecule has 12 heteroatoms. The van der Waals surface area contributed by atoms with Crippen molar-refractivity contribution in [1.29, 1.82) is 5.26 Å². The number of nitrogens with zero attached hydrogens (tertiary/aromatic N) is 4. The SMILES string of the molecule is COc1cc(NC(=O)CSc2nnc(N3C(N)=C(C#N)C(c4ccccc4)C4=C3CC(C)(C)CC4=O)s2)cc(OC)c1. The molecule has 1 amide bonds. The zero-order valence-electron chi connectivity index (χ0n) is 23.6. The van der Waals surface area contributed by atoms with E-state index in [0.29, 0.717) is 50.6 Å². The summed E-state index contributed by atoms with van der Waals surface area (Å²) in [6.45, 7) is 4.09. The number of aromatic nitrogens is 2. The fourth-order valence-corrected chi connectivity index (χ4v) is 6.94. The van der Waals surface area contributed by atoms with Crippen molar-refractivity contribution < 1.29 is 19.1 Å². The maximum Gasteiger partial charge on any atom is 0.234 e. The van der Waals surface area contributed by atoms with Crippen molar-refractivity contribution >= 4 is 45.6 Å². The lowest BCUT2D eigenvalue weighted by Crippen LogP contribution is -2.42. The molecule has 42 heavy (non-hydrogen) atoms. The lowest BCUT2D eigenvalue weighted by atomic mass is 9.69. The van der Waals surface area contributed by atoms with Crippen LogP contribution in [0.3, 0.4) is 0 Å². The monoisotopic (exact) mass is 602 g/mol. The number of nitrogens with two attached hydrogens (primary N) is 1. The predicted octanol–water partition coefficient (Wildman–Crippen LogP) is 5.23. The third-order valence-corrected chi connectivity index (χ3v) is 9.10. The van der Waals surface area contributed by atoms with Gasteiger partial charge in [0, 0.05) is 41.6 Å². The fourth-order valence-electron chi connectivity index (χ4n) is 5.26. The molecule has 1 aliphatic carbocycles. The average molecular weight is 603 g/mol. The molecular weight excluding hydrogens is 573 g/mol. The van der Waals surface area contributed by atoms with Gasteiger partial charge in [-0.2, -0.15) is 5.26 Å². The largest absolute Gasteiger partial charge is 0.497 e. The highest BCUT2D eigenvalue weighted by Crippen LogP contribution is 2.50. The maximum absolute atomic E-state index is 13.6. The number of ether oxygens (including phenoxy) is 2. The topological polar surface area (TPSA) is 143 Å². The number of carbonyl (C=O) groups excluding carboxylic acids is 2. The zero-order chi connectivity index (χ0) is 30.0. The summed E-state index contributed by atoms with van der Waals surface area (Å²) in [5, 5.41) is 22.2. The predicted molar refractivity (Wildman–Crippen MR) is 162 cm³/mol. The average Bonchev–Trinajstić information content (AvgIpc) is 3.43. The van der Waals surface area contributed by atoms with E-state index in [2.05, 4.69) is 21.6 Å². The van der Waals surface area contributed by atoms with E-state index in [0.717, 1.165) is 11.3 Å². The summed E-state index contributed by atoms with van der Waals surface area (Å²) in [5.41, 5.74) is 9.37. The molecule has 10 nitrogen and oxygen atoms in total. The van der Waals surface area contributed by atoms with Gasteiger partial charge in [0.15, 0.2) is 10.1 Å². The molecular formula is C30H30N6O4S2. The Bertz CT molecular complexity index is 1620. The number of nitrogens with one attached hydrogen (secondary N) is 1. The third-order valence-electron chi connectivity index (χ3n) is 7.06. The van der Waals surface area contributed by atoms with Crippen molar-refractivity contribution in [2.75, 3.05) is 30.2 Å². The highest BCUT2D eigenvalue weighted by molar-refractivity contribution is 8.01. The molecule has 1 atom stereocenters. The normalized spacial score (nSPS) is 17.9. The van der Waals surface area contributed by atoms with Crippen molar-refractivity contribution in [3.63, 3.8) is 0 Å². The van der Waals surface area contributed by atoms with Crippen LogP contribution in [0, 0.1) is 16.7 Å². The first-order valence-corrected chi connectivity index (χ1v) is 14.9. The van der Waals surface area contributed by atoms with E-state index in [1.54, 1.807) is 23.1 Å². The third kappa shape index (κ3) is 5.84. The van der Waals surface area contributed by atoms with Crippen molar-refractivity contribution in [2.24, 2.45) is 11.1 Å². The quantitative estimate of drug-likeness (QED) is 0.329. The molecule has 0 fully saturated rings. The van der Waals surface area contributed by atoms with E-state index in [1.807, 2.05) is 44.2 Å². The number of thioether (sulfide) groups is 1. The van der Waals surface area contributed by atoms with Crippen LogP contribution < -0.4 is 25.4 Å². The number of carbonyl (C=O) groups is 2. The molecule has 2 aromatic carbocycles. The highest BCUT2D eigenvalue weighted by Gasteiger charge is 2.45. The maximum atomic E-state index is 13.6. The molecule has 5 rings (SSSR count). The molecule has 2 aliphatic rings. The minimum absolute atomic E-state index is 0.00897. The van der Waals surface area contributed by atoms with E-state index in [9.17, 15) is 14.9 Å². The Morgan fingerprint density at radius 1 is 1.17 bits per heavy atom. The first kappa shape index (κ1) is 29.2. The number of ketones is 1. The lowest BCUT2D eigenvalue weighted by Gasteiger charge is -2.42. The van der Waals surface area contributed by atoms with Gasteiger partial charge >= 0.3 is 0 Å². The minimum atomic E-state index is -0.549. The summed E-state index contributed by atoms with van der Waals surface area (Å²) >= 11 is 2.47. The van der Waals surface area contributed by atoms with Gasteiger partial charge in [-0.05, 0) is 17.4 Å². The molecule has 1 unspecified atom stereocenters. The highest BCUT2D eigenvalue weighted by atomic mass is 32.2. The fraction of sp³-hybridized carbons (Fsp3) is 0.300. The molecule has 2 heterocycles. The Hall–Kier alpha value is -4.34. The van der Waals surface area contributed by atoms with Crippen molar-refractivity contribution in [3.05, 3.63) is 76.8 Å². The molecule has 0 saturated heterocycles. The van der Waals surface area contributed by atoms with E-state index < -0.39 is 5.92 Å². The number of hydrogen-bond acceptors (Lipinski definition) is 11. The second-order valence-corrected chi connectivity index (χ2v) is 12.9. The van der Waals surface area contributed by atoms with Crippen LogP contribution in [0.25, 0.3) is 0 Å². The van der Waals surface area contributed by atoms with E-state index in [4.69, 9.17) is 15.2 Å². The molecule has 3 aromatic rings. The number of benzene rings is 2. The van der Waals surface area contributed by atoms with Crippen LogP contribution in [0.1, 0.15) is 38.2 Å². The summed E-state index contributed by atoms with van der Waals surface area (Å²) in [4.78, 5) is 28.1. The Morgan fingerprint density at radius 2 is 1.86 bits per heavy atom. The van der Waals surface area contributed by atoms with Gasteiger partial charge in [0.05, 0.1) is 37.5 Å². The van der Waals surface area contributed by atoms with Gasteiger partial charge in [0.2, 0.25) is 11.0 Å². The summed E-state index contributed by atoms with van der Waals surface area (Å²) in [7, 11) is 3.08. The van der Waals surface area contributed by atoms with Gasteiger partial charge in [-0.3, -0.25) is 14.5 Å². The van der Waals surface area contributed by atoms with Gasteiger partial charge in [-0.25, -0.2) is 0 Å². The number of allylic oxidation sites excluding steroid dienone is 3. The van der Waals surface area contributed by atoms with E-state index >= 15 is 0 Å². The van der Waals surface area contributed by atoms with Crippen molar-refractivity contribution in [1.82, 2.24) is 10.2 Å². The molecule has 216 valence electrons. The number of rotatable bonds is 8. The zero-order valence-corrected chi connectivity index (χ0v) is 25.3. The molecule has 1 aliphatic heterocycles. The van der Waals surface area contributed by atoms with E-state index in [-0.39, 0.29) is 28.7 Å². The minimum Gasteiger partial charge on any atom is -0.497 e. The summed E-state index contributed by atoms with van der Waals surface area (Å²) < 4.78 is 11.1. The van der Waals surface area contributed by atoms with Crippen LogP contribution in [0.4, 0.5) is 10.8 Å². The number of nitriles is 1. The van der Waals surface area contributed by atoms with Crippen LogP contribution in [-0.4, -0.2) is 41.9 Å². The summed E-state index contributed by atoms with van der Waals surface area (Å²) in [6, 6.07) is 16.9. The first-order chi connectivity index (χ1) is 20.1. The Balaban J connectivity index is 1.42. The molecule has 0 saturated carbocycles. The Kier molecular flexibility index (Phi) is 8.24. The standard InChI is InChI=1S/C30H30N6O4S2/c1-30(2)13-22-26(23(37)14-30)25(17-8-6-5-7-9-17)21(15-31)27(32)36(22)28-34-35-29(42-28)41-16-24(38)33-18-10-19(39-3)12-20(11-18)40-4/h5-12,25H,13-14,16,32H2,1-4H3,(H,33,38). The van der Waals surface area contributed by atoms with Crippen LogP contribution in [0.5, 0.6) is 11.5 Å². The van der Waals surface area contributed by atoms with Gasteiger partial charge in [0.1, 0.15) is 17.3 Å². The number of methoxy groups -OCH3 is 2. The number of Topliss-reactive ketones (excluding diaryl/α,β-unsaturated/α-hetero) is 1. The molecule has 0 spiro atoms. The van der Waals surface area contributed by atoms with Gasteiger partial charge < -0.3 is 20.5 Å². The molecule has 0 bridgehead atoms. The lowest BCUT2D eigenvalue weighted by molar-refractivity contribution is -0.118. The second kappa shape index (κ2) is 11.9. The van der Waals surface area contributed by atoms with Gasteiger partial charge in [0.25, 0.3) is 0 Å². The van der Waals surface area contributed by atoms with Crippen LogP contribution in [0.2, 0.25) is 0 Å². The van der Waals surface area contributed by atoms with Gasteiger partial charge in [-0.15, -0.1) is 10.2 Å². The summed E-state index contributed by atoms with van der Waals surface area (Å²) in [5.74, 6) is 0.625. The number of hydrogen-bond donors (Lipinski definition) is 2. The Morgan fingerprint density at radius 3 is 2.50 bits per heavy atom. The second-order valence-electron chi connectivity index (χ2n) is 10.7. The number of anilines is 2. The van der Waals surface area contributed by atoms with Crippen molar-refractivity contribution in [3.8, 4) is 17.6 Å². The Labute approximate surface area is 252 Å². The molecule has 1 aromatic heterocycles.